The molecule has 0 saturated carbocycles. The van der Waals surface area contributed by atoms with Gasteiger partial charge in [0.1, 0.15) is 5.75 Å². The van der Waals surface area contributed by atoms with Crippen molar-refractivity contribution in [2.24, 2.45) is 0 Å². The molecule has 0 radical (unpaired) electrons. The molecule has 2 aromatic rings. The summed E-state index contributed by atoms with van der Waals surface area (Å²) in [6.07, 6.45) is 14.0. The fraction of sp³-hybridized carbons (Fsp3) is 0.519. The van der Waals surface area contributed by atoms with Gasteiger partial charge in [-0.25, -0.2) is 4.79 Å². The third-order valence-electron chi connectivity index (χ3n) is 5.75. The van der Waals surface area contributed by atoms with Crippen molar-refractivity contribution in [2.75, 3.05) is 0 Å². The number of rotatable bonds is 16. The number of aromatic hydroxyl groups is 1. The lowest BCUT2D eigenvalue weighted by molar-refractivity contribution is 0.189. The summed E-state index contributed by atoms with van der Waals surface area (Å²) in [5.41, 5.74) is 1.01. The van der Waals surface area contributed by atoms with E-state index in [1.807, 2.05) is 36.4 Å². The Labute approximate surface area is 197 Å². The van der Waals surface area contributed by atoms with Crippen molar-refractivity contribution in [1.82, 2.24) is 5.32 Å². The number of benzene rings is 2. The van der Waals surface area contributed by atoms with Gasteiger partial charge < -0.3 is 15.5 Å². The van der Waals surface area contributed by atoms with Gasteiger partial charge in [-0.05, 0) is 48.4 Å². The molecule has 32 heavy (non-hydrogen) atoms. The molecule has 0 saturated heterocycles. The first-order valence-electron chi connectivity index (χ1n) is 12.1. The fourth-order valence-corrected chi connectivity index (χ4v) is 4.72. The zero-order chi connectivity index (χ0) is 23.0. The quantitative estimate of drug-likeness (QED) is 0.221. The summed E-state index contributed by atoms with van der Waals surface area (Å²) >= 11 is 1.62. The molecular formula is C27H39NO3S. The zero-order valence-electron chi connectivity index (χ0n) is 19.4. The molecule has 0 spiro atoms. The number of hydrogen-bond acceptors (Lipinski definition) is 3. The van der Waals surface area contributed by atoms with Gasteiger partial charge in [0.2, 0.25) is 0 Å². The summed E-state index contributed by atoms with van der Waals surface area (Å²) in [6, 6.07) is 15.1. The second-order valence-electron chi connectivity index (χ2n) is 8.49. The Morgan fingerprint density at radius 3 is 1.75 bits per heavy atom. The maximum atomic E-state index is 11.3. The SMILES string of the molecule is CCCCCCCCCCCCCC(NC(=O)O)c1ccc(Sc2ccc(O)cc2)cc1. The Kier molecular flexibility index (Phi) is 12.8. The van der Waals surface area contributed by atoms with E-state index in [0.717, 1.165) is 34.6 Å². The third kappa shape index (κ3) is 10.9. The van der Waals surface area contributed by atoms with Crippen molar-refractivity contribution in [3.8, 4) is 5.75 Å². The molecule has 0 bridgehead atoms. The number of phenols is 1. The summed E-state index contributed by atoms with van der Waals surface area (Å²) in [4.78, 5) is 13.4. The van der Waals surface area contributed by atoms with E-state index in [4.69, 9.17) is 0 Å². The van der Waals surface area contributed by atoms with Crippen LogP contribution >= 0.6 is 11.8 Å². The first-order valence-corrected chi connectivity index (χ1v) is 13.0. The first kappa shape index (κ1) is 26.1. The second-order valence-corrected chi connectivity index (χ2v) is 9.64. The molecule has 0 aliphatic heterocycles. The van der Waals surface area contributed by atoms with Crippen molar-refractivity contribution in [1.29, 1.82) is 0 Å². The van der Waals surface area contributed by atoms with E-state index in [9.17, 15) is 15.0 Å². The van der Waals surface area contributed by atoms with Crippen LogP contribution in [0.1, 0.15) is 95.6 Å². The van der Waals surface area contributed by atoms with Crippen LogP contribution in [-0.2, 0) is 0 Å². The van der Waals surface area contributed by atoms with Gasteiger partial charge in [0.25, 0.3) is 0 Å². The van der Waals surface area contributed by atoms with Crippen LogP contribution in [0.25, 0.3) is 0 Å². The number of carboxylic acid groups (broad SMARTS) is 1. The molecular weight excluding hydrogens is 418 g/mol. The highest BCUT2D eigenvalue weighted by Gasteiger charge is 2.14. The minimum Gasteiger partial charge on any atom is -0.508 e. The van der Waals surface area contributed by atoms with Crippen molar-refractivity contribution < 1.29 is 15.0 Å². The molecule has 2 aromatic carbocycles. The van der Waals surface area contributed by atoms with E-state index in [1.165, 1.54) is 57.8 Å². The number of unbranched alkanes of at least 4 members (excludes halogenated alkanes) is 10. The smallest absolute Gasteiger partial charge is 0.405 e. The highest BCUT2D eigenvalue weighted by molar-refractivity contribution is 7.99. The van der Waals surface area contributed by atoms with Crippen LogP contribution in [0.3, 0.4) is 0 Å². The molecule has 176 valence electrons. The monoisotopic (exact) mass is 457 g/mol. The van der Waals surface area contributed by atoms with Crippen LogP contribution in [0.15, 0.2) is 58.3 Å². The number of phenolic OH excluding ortho intramolecular Hbond substituents is 1. The molecule has 0 fully saturated rings. The van der Waals surface area contributed by atoms with Crippen LogP contribution in [0.2, 0.25) is 0 Å². The van der Waals surface area contributed by atoms with Crippen LogP contribution in [0, 0.1) is 0 Å². The summed E-state index contributed by atoms with van der Waals surface area (Å²) in [5, 5.41) is 21.4. The van der Waals surface area contributed by atoms with Gasteiger partial charge in [0, 0.05) is 9.79 Å². The number of nitrogens with one attached hydrogen (secondary N) is 1. The molecule has 1 amide bonds. The Morgan fingerprint density at radius 2 is 1.25 bits per heavy atom. The van der Waals surface area contributed by atoms with E-state index >= 15 is 0 Å². The molecule has 0 heterocycles. The molecule has 2 rings (SSSR count). The topological polar surface area (TPSA) is 69.6 Å². The number of carbonyl (C=O) groups is 1. The van der Waals surface area contributed by atoms with Crippen molar-refractivity contribution in [3.63, 3.8) is 0 Å². The van der Waals surface area contributed by atoms with Crippen LogP contribution in [0.4, 0.5) is 4.79 Å². The third-order valence-corrected chi connectivity index (χ3v) is 6.76. The summed E-state index contributed by atoms with van der Waals surface area (Å²) in [5.74, 6) is 0.259. The second kappa shape index (κ2) is 15.6. The van der Waals surface area contributed by atoms with E-state index in [0.29, 0.717) is 0 Å². The Hall–Kier alpha value is -2.14. The average molecular weight is 458 g/mol. The van der Waals surface area contributed by atoms with Gasteiger partial charge in [0.15, 0.2) is 0 Å². The standard InChI is InChI=1S/C27H39NO3S/c1-2-3-4-5-6-7-8-9-10-11-12-13-26(28-27(30)31)22-14-18-24(19-15-22)32-25-20-16-23(29)17-21-25/h14-21,26,28-29H,2-13H2,1H3,(H,30,31). The lowest BCUT2D eigenvalue weighted by Gasteiger charge is -2.18. The minimum atomic E-state index is -0.972. The van der Waals surface area contributed by atoms with Gasteiger partial charge in [-0.3, -0.25) is 0 Å². The highest BCUT2D eigenvalue weighted by atomic mass is 32.2. The largest absolute Gasteiger partial charge is 0.508 e. The molecule has 1 atom stereocenters. The molecule has 1 unspecified atom stereocenters. The maximum Gasteiger partial charge on any atom is 0.405 e. The minimum absolute atomic E-state index is 0.168. The van der Waals surface area contributed by atoms with Gasteiger partial charge in [-0.15, -0.1) is 0 Å². The van der Waals surface area contributed by atoms with Gasteiger partial charge in [-0.2, -0.15) is 0 Å². The normalized spacial score (nSPS) is 11.9. The van der Waals surface area contributed by atoms with Crippen molar-refractivity contribution in [3.05, 3.63) is 54.1 Å². The molecule has 3 N–H and O–H groups in total. The first-order chi connectivity index (χ1) is 15.6. The van der Waals surface area contributed by atoms with Crippen LogP contribution < -0.4 is 5.32 Å². The predicted octanol–water partition coefficient (Wildman–Crippen LogP) is 8.55. The van der Waals surface area contributed by atoms with E-state index in [2.05, 4.69) is 12.2 Å². The van der Waals surface area contributed by atoms with E-state index in [1.54, 1.807) is 23.9 Å². The van der Waals surface area contributed by atoms with Gasteiger partial charge in [0.05, 0.1) is 6.04 Å². The zero-order valence-corrected chi connectivity index (χ0v) is 20.2. The Balaban J connectivity index is 1.71. The van der Waals surface area contributed by atoms with E-state index in [-0.39, 0.29) is 11.8 Å². The molecule has 5 heteroatoms. The number of amides is 1. The molecule has 0 aliphatic rings. The maximum absolute atomic E-state index is 11.3. The van der Waals surface area contributed by atoms with Crippen LogP contribution in [0.5, 0.6) is 5.75 Å². The lowest BCUT2D eigenvalue weighted by Crippen LogP contribution is -2.26. The van der Waals surface area contributed by atoms with Crippen molar-refractivity contribution >= 4 is 17.9 Å². The fourth-order valence-electron chi connectivity index (χ4n) is 3.90. The molecule has 4 nitrogen and oxygen atoms in total. The highest BCUT2D eigenvalue weighted by Crippen LogP contribution is 2.30. The van der Waals surface area contributed by atoms with Crippen LogP contribution in [-0.4, -0.2) is 16.3 Å². The summed E-state index contributed by atoms with van der Waals surface area (Å²) in [7, 11) is 0. The van der Waals surface area contributed by atoms with E-state index < -0.39 is 6.09 Å². The molecule has 0 aromatic heterocycles. The predicted molar refractivity (Wildman–Crippen MR) is 134 cm³/mol. The number of hydrogen-bond donors (Lipinski definition) is 3. The van der Waals surface area contributed by atoms with Gasteiger partial charge >= 0.3 is 6.09 Å². The van der Waals surface area contributed by atoms with Crippen molar-refractivity contribution in [2.45, 2.75) is 99.8 Å². The molecule has 0 aliphatic carbocycles. The summed E-state index contributed by atoms with van der Waals surface area (Å²) < 4.78 is 0. The average Bonchev–Trinajstić information content (AvgIpc) is 2.78. The lowest BCUT2D eigenvalue weighted by atomic mass is 9.99. The Morgan fingerprint density at radius 1 is 0.781 bits per heavy atom. The Bertz CT molecular complexity index is 761. The van der Waals surface area contributed by atoms with Gasteiger partial charge in [-0.1, -0.05) is 101 Å². The summed E-state index contributed by atoms with van der Waals surface area (Å²) in [6.45, 7) is 2.25.